The number of hydrogen-bond donors (Lipinski definition) is 2. The van der Waals surface area contributed by atoms with Crippen LogP contribution in [0.5, 0.6) is 0 Å². The minimum Gasteiger partial charge on any atom is -0.371 e. The lowest BCUT2D eigenvalue weighted by atomic mass is 10.1. The lowest BCUT2D eigenvalue weighted by Crippen LogP contribution is -2.30. The Morgan fingerprint density at radius 1 is 1.40 bits per heavy atom. The number of benzene rings is 1. The van der Waals surface area contributed by atoms with Crippen molar-refractivity contribution in [2.24, 2.45) is 5.92 Å². The van der Waals surface area contributed by atoms with Gasteiger partial charge < -0.3 is 15.5 Å². The zero-order valence-electron chi connectivity index (χ0n) is 15.1. The maximum atomic E-state index is 12.5. The van der Waals surface area contributed by atoms with Gasteiger partial charge in [-0.15, -0.1) is 0 Å². The summed E-state index contributed by atoms with van der Waals surface area (Å²) >= 11 is 1.43. The zero-order chi connectivity index (χ0) is 17.8. The second-order valence-electron chi connectivity index (χ2n) is 6.61. The quantitative estimate of drug-likeness (QED) is 0.830. The highest BCUT2D eigenvalue weighted by Gasteiger charge is 2.24. The SMILES string of the molecule is CCNc1nc(C)c(C(=O)NC[C@H]2CCN(c3cccc(C)c3)C2)s1. The number of hydrogen-bond acceptors (Lipinski definition) is 5. The van der Waals surface area contributed by atoms with Gasteiger partial charge in [-0.25, -0.2) is 4.98 Å². The summed E-state index contributed by atoms with van der Waals surface area (Å²) < 4.78 is 0. The first-order valence-corrected chi connectivity index (χ1v) is 9.69. The highest BCUT2D eigenvalue weighted by molar-refractivity contribution is 7.17. The van der Waals surface area contributed by atoms with Crippen LogP contribution < -0.4 is 15.5 Å². The van der Waals surface area contributed by atoms with E-state index in [0.29, 0.717) is 10.8 Å². The Labute approximate surface area is 153 Å². The van der Waals surface area contributed by atoms with Crippen LogP contribution in [0.1, 0.15) is 34.3 Å². The molecule has 3 rings (SSSR count). The summed E-state index contributed by atoms with van der Waals surface area (Å²) in [5.41, 5.74) is 3.36. The molecule has 134 valence electrons. The Kier molecular flexibility index (Phi) is 5.58. The average molecular weight is 359 g/mol. The molecule has 5 nitrogen and oxygen atoms in total. The topological polar surface area (TPSA) is 57.3 Å². The number of nitrogens with zero attached hydrogens (tertiary/aromatic N) is 2. The Hall–Kier alpha value is -2.08. The molecule has 0 unspecified atom stereocenters. The van der Waals surface area contributed by atoms with Gasteiger partial charge in [0.15, 0.2) is 5.13 Å². The van der Waals surface area contributed by atoms with Crippen LogP contribution in [0.25, 0.3) is 0 Å². The van der Waals surface area contributed by atoms with E-state index in [9.17, 15) is 4.79 Å². The number of nitrogens with one attached hydrogen (secondary N) is 2. The number of rotatable bonds is 6. The first kappa shape index (κ1) is 17.7. The Bertz CT molecular complexity index is 743. The highest BCUT2D eigenvalue weighted by Crippen LogP contribution is 2.25. The largest absolute Gasteiger partial charge is 0.371 e. The van der Waals surface area contributed by atoms with Crippen LogP contribution in [0.3, 0.4) is 0 Å². The van der Waals surface area contributed by atoms with Crippen molar-refractivity contribution in [3.8, 4) is 0 Å². The monoisotopic (exact) mass is 358 g/mol. The normalized spacial score (nSPS) is 16.9. The second kappa shape index (κ2) is 7.87. The van der Waals surface area contributed by atoms with Crippen molar-refractivity contribution in [2.45, 2.75) is 27.2 Å². The smallest absolute Gasteiger partial charge is 0.263 e. The van der Waals surface area contributed by atoms with E-state index in [1.54, 1.807) is 0 Å². The summed E-state index contributed by atoms with van der Waals surface area (Å²) in [7, 11) is 0. The first-order valence-electron chi connectivity index (χ1n) is 8.88. The van der Waals surface area contributed by atoms with Gasteiger partial charge in [0, 0.05) is 31.9 Å². The Morgan fingerprint density at radius 3 is 3.00 bits per heavy atom. The van der Waals surface area contributed by atoms with Gasteiger partial charge >= 0.3 is 0 Å². The Morgan fingerprint density at radius 2 is 2.24 bits per heavy atom. The van der Waals surface area contributed by atoms with Crippen LogP contribution in [-0.2, 0) is 0 Å². The van der Waals surface area contributed by atoms with Gasteiger partial charge in [-0.2, -0.15) is 0 Å². The molecular formula is C19H26N4OS. The van der Waals surface area contributed by atoms with Gasteiger partial charge in [-0.05, 0) is 50.8 Å². The van der Waals surface area contributed by atoms with E-state index >= 15 is 0 Å². The summed E-state index contributed by atoms with van der Waals surface area (Å²) in [5.74, 6) is 0.485. The van der Waals surface area contributed by atoms with Crippen LogP contribution in [0.2, 0.25) is 0 Å². The molecule has 1 aliphatic heterocycles. The third-order valence-corrected chi connectivity index (χ3v) is 5.65. The van der Waals surface area contributed by atoms with E-state index in [0.717, 1.165) is 43.4 Å². The lowest BCUT2D eigenvalue weighted by molar-refractivity contribution is 0.0951. The summed E-state index contributed by atoms with van der Waals surface area (Å²) in [6.07, 6.45) is 1.11. The van der Waals surface area contributed by atoms with Crippen LogP contribution in [0, 0.1) is 19.8 Å². The van der Waals surface area contributed by atoms with E-state index in [1.165, 1.54) is 22.6 Å². The predicted octanol–water partition coefficient (Wildman–Crippen LogP) is 3.45. The minimum absolute atomic E-state index is 0.00633. The van der Waals surface area contributed by atoms with Crippen molar-refractivity contribution in [3.05, 3.63) is 40.4 Å². The van der Waals surface area contributed by atoms with Crippen LogP contribution in [0.4, 0.5) is 10.8 Å². The molecule has 1 atom stereocenters. The fourth-order valence-electron chi connectivity index (χ4n) is 3.21. The number of aromatic nitrogens is 1. The molecule has 25 heavy (non-hydrogen) atoms. The number of carbonyl (C=O) groups is 1. The van der Waals surface area contributed by atoms with Crippen molar-refractivity contribution < 1.29 is 4.79 Å². The summed E-state index contributed by atoms with van der Waals surface area (Å²) in [4.78, 5) is 20.0. The number of amides is 1. The van der Waals surface area contributed by atoms with Gasteiger partial charge in [0.2, 0.25) is 0 Å². The number of carbonyl (C=O) groups excluding carboxylic acids is 1. The molecule has 1 aliphatic rings. The molecule has 1 aromatic carbocycles. The first-order chi connectivity index (χ1) is 12.1. The van der Waals surface area contributed by atoms with E-state index in [4.69, 9.17) is 0 Å². The van der Waals surface area contributed by atoms with Gasteiger partial charge in [-0.3, -0.25) is 4.79 Å². The molecule has 0 aliphatic carbocycles. The minimum atomic E-state index is -0.00633. The average Bonchev–Trinajstić information content (AvgIpc) is 3.20. The lowest BCUT2D eigenvalue weighted by Gasteiger charge is -2.19. The molecule has 2 heterocycles. The van der Waals surface area contributed by atoms with Crippen LogP contribution in [0.15, 0.2) is 24.3 Å². The molecule has 0 radical (unpaired) electrons. The molecule has 1 aromatic heterocycles. The molecule has 2 N–H and O–H groups in total. The zero-order valence-corrected chi connectivity index (χ0v) is 15.9. The molecular weight excluding hydrogens is 332 g/mol. The van der Waals surface area contributed by atoms with Crippen molar-refractivity contribution in [1.82, 2.24) is 10.3 Å². The van der Waals surface area contributed by atoms with E-state index < -0.39 is 0 Å². The fourth-order valence-corrected chi connectivity index (χ4v) is 4.16. The van der Waals surface area contributed by atoms with Crippen molar-refractivity contribution in [1.29, 1.82) is 0 Å². The van der Waals surface area contributed by atoms with Crippen molar-refractivity contribution in [3.63, 3.8) is 0 Å². The van der Waals surface area contributed by atoms with E-state index in [-0.39, 0.29) is 5.91 Å². The molecule has 0 bridgehead atoms. The third kappa shape index (κ3) is 4.31. The maximum Gasteiger partial charge on any atom is 0.263 e. The molecule has 1 fully saturated rings. The van der Waals surface area contributed by atoms with Crippen LogP contribution in [-0.4, -0.2) is 37.1 Å². The predicted molar refractivity (Wildman–Crippen MR) is 105 cm³/mol. The van der Waals surface area contributed by atoms with Crippen molar-refractivity contribution >= 4 is 28.1 Å². The standard InChI is InChI=1S/C19H26N4OS/c1-4-20-19-22-14(3)17(25-19)18(24)21-11-15-8-9-23(12-15)16-7-5-6-13(2)10-16/h5-7,10,15H,4,8-9,11-12H2,1-3H3,(H,20,22)(H,21,24)/t15-/m1/s1. The molecule has 1 amide bonds. The number of thiazole rings is 1. The fraction of sp³-hybridized carbons (Fsp3) is 0.474. The highest BCUT2D eigenvalue weighted by atomic mass is 32.1. The molecule has 6 heteroatoms. The molecule has 0 spiro atoms. The van der Waals surface area contributed by atoms with Crippen LogP contribution >= 0.6 is 11.3 Å². The van der Waals surface area contributed by atoms with E-state index in [1.807, 2.05) is 13.8 Å². The van der Waals surface area contributed by atoms with Gasteiger partial charge in [0.05, 0.1) is 5.69 Å². The van der Waals surface area contributed by atoms with E-state index in [2.05, 4.69) is 51.7 Å². The summed E-state index contributed by atoms with van der Waals surface area (Å²) in [6.45, 7) is 9.61. The summed E-state index contributed by atoms with van der Waals surface area (Å²) in [6, 6.07) is 8.62. The molecule has 0 saturated carbocycles. The number of aryl methyl sites for hydroxylation is 2. The van der Waals surface area contributed by atoms with Gasteiger partial charge in [0.25, 0.3) is 5.91 Å². The van der Waals surface area contributed by atoms with Crippen molar-refractivity contribution in [2.75, 3.05) is 36.4 Å². The Balaban J connectivity index is 1.53. The molecule has 1 saturated heterocycles. The third-order valence-electron chi connectivity index (χ3n) is 4.53. The molecule has 2 aromatic rings. The van der Waals surface area contributed by atoms with Gasteiger partial charge in [0.1, 0.15) is 4.88 Å². The summed E-state index contributed by atoms with van der Waals surface area (Å²) in [5, 5.41) is 7.08. The van der Waals surface area contributed by atoms with Gasteiger partial charge in [-0.1, -0.05) is 23.5 Å². The maximum absolute atomic E-state index is 12.5. The second-order valence-corrected chi connectivity index (χ2v) is 7.61. The number of anilines is 2.